The van der Waals surface area contributed by atoms with Crippen LogP contribution < -0.4 is 19.2 Å². The van der Waals surface area contributed by atoms with Gasteiger partial charge in [0.25, 0.3) is 5.91 Å². The van der Waals surface area contributed by atoms with E-state index in [-0.39, 0.29) is 5.75 Å². The van der Waals surface area contributed by atoms with Gasteiger partial charge < -0.3 is 14.6 Å². The Morgan fingerprint density at radius 2 is 1.80 bits per heavy atom. The normalized spacial score (nSPS) is 11.3. The fourth-order valence-electron chi connectivity index (χ4n) is 2.50. The lowest BCUT2D eigenvalue weighted by Crippen LogP contribution is -2.39. The van der Waals surface area contributed by atoms with Crippen LogP contribution in [0, 0.1) is 0 Å². The molecule has 0 aliphatic carbocycles. The molecule has 0 unspecified atom stereocenters. The number of hydrogen-bond acceptors (Lipinski definition) is 7. The zero-order chi connectivity index (χ0) is 22.1. The van der Waals surface area contributed by atoms with Crippen molar-refractivity contribution in [3.63, 3.8) is 0 Å². The molecule has 30 heavy (non-hydrogen) atoms. The third kappa shape index (κ3) is 6.66. The predicted molar refractivity (Wildman–Crippen MR) is 115 cm³/mol. The third-order valence-electron chi connectivity index (χ3n) is 3.81. The van der Waals surface area contributed by atoms with E-state index in [0.717, 1.165) is 10.6 Å². The number of hydrazone groups is 1. The Bertz CT molecular complexity index is 990. The van der Waals surface area contributed by atoms with Gasteiger partial charge in [-0.2, -0.15) is 5.10 Å². The third-order valence-corrected chi connectivity index (χ3v) is 4.95. The minimum Gasteiger partial charge on any atom is -0.504 e. The van der Waals surface area contributed by atoms with Crippen molar-refractivity contribution in [2.24, 2.45) is 5.10 Å². The Labute approximate surface area is 176 Å². The lowest BCUT2D eigenvalue weighted by Gasteiger charge is -2.21. The highest BCUT2D eigenvalue weighted by atomic mass is 32.2. The van der Waals surface area contributed by atoms with E-state index in [4.69, 9.17) is 9.47 Å². The number of hydrogen-bond donors (Lipinski definition) is 2. The highest BCUT2D eigenvalue weighted by molar-refractivity contribution is 7.92. The van der Waals surface area contributed by atoms with Crippen LogP contribution in [0.25, 0.3) is 0 Å². The van der Waals surface area contributed by atoms with Crippen molar-refractivity contribution in [3.8, 4) is 17.2 Å². The average Bonchev–Trinajstić information content (AvgIpc) is 2.69. The smallest absolute Gasteiger partial charge is 0.260 e. The first kappa shape index (κ1) is 23.0. The maximum absolute atomic E-state index is 12.2. The standard InChI is InChI=1S/C20H25N3O6S/c1-4-28-17-9-7-16(8-10-17)23(30(3,26)27)14-20(25)22-21-13-15-6-11-18(24)19(12-15)29-5-2/h6-13,24H,4-5,14H2,1-3H3,(H,22,25)/b21-13-. The summed E-state index contributed by atoms with van der Waals surface area (Å²) >= 11 is 0. The van der Waals surface area contributed by atoms with Gasteiger partial charge in [0, 0.05) is 0 Å². The number of benzene rings is 2. The van der Waals surface area contributed by atoms with Crippen LogP contribution in [0.15, 0.2) is 47.6 Å². The molecular formula is C20H25N3O6S. The molecule has 0 radical (unpaired) electrons. The van der Waals surface area contributed by atoms with Gasteiger partial charge in [-0.1, -0.05) is 0 Å². The molecule has 2 aromatic carbocycles. The fraction of sp³-hybridized carbons (Fsp3) is 0.300. The minimum absolute atomic E-state index is 0.00261. The maximum atomic E-state index is 12.2. The van der Waals surface area contributed by atoms with E-state index in [1.165, 1.54) is 12.3 Å². The number of nitrogens with zero attached hydrogens (tertiary/aromatic N) is 2. The second-order valence-electron chi connectivity index (χ2n) is 6.15. The molecule has 162 valence electrons. The Hall–Kier alpha value is -3.27. The number of carbonyl (C=O) groups is 1. The summed E-state index contributed by atoms with van der Waals surface area (Å²) < 4.78 is 35.9. The van der Waals surface area contributed by atoms with Crippen LogP contribution in [-0.2, 0) is 14.8 Å². The van der Waals surface area contributed by atoms with Gasteiger partial charge in [-0.15, -0.1) is 0 Å². The first-order valence-corrected chi connectivity index (χ1v) is 11.1. The van der Waals surface area contributed by atoms with Crippen molar-refractivity contribution >= 4 is 27.8 Å². The number of nitrogens with one attached hydrogen (secondary N) is 1. The Kier molecular flexibility index (Phi) is 8.05. The summed E-state index contributed by atoms with van der Waals surface area (Å²) in [5.74, 6) is 0.280. The number of rotatable bonds is 10. The number of ether oxygens (including phenoxy) is 2. The summed E-state index contributed by atoms with van der Waals surface area (Å²) in [5.41, 5.74) is 3.22. The molecule has 2 N–H and O–H groups in total. The van der Waals surface area contributed by atoms with E-state index >= 15 is 0 Å². The van der Waals surface area contributed by atoms with Gasteiger partial charge in [-0.05, 0) is 61.9 Å². The Morgan fingerprint density at radius 3 is 2.40 bits per heavy atom. The molecule has 0 aliphatic heterocycles. The van der Waals surface area contributed by atoms with Gasteiger partial charge in [0.05, 0.1) is 31.4 Å². The molecule has 2 rings (SSSR count). The van der Waals surface area contributed by atoms with Crippen LogP contribution >= 0.6 is 0 Å². The van der Waals surface area contributed by atoms with Crippen LogP contribution in [0.2, 0.25) is 0 Å². The zero-order valence-electron chi connectivity index (χ0n) is 17.0. The van der Waals surface area contributed by atoms with Gasteiger partial charge in [0.2, 0.25) is 10.0 Å². The van der Waals surface area contributed by atoms with Crippen molar-refractivity contribution in [3.05, 3.63) is 48.0 Å². The molecular weight excluding hydrogens is 410 g/mol. The molecule has 0 saturated heterocycles. The summed E-state index contributed by atoms with van der Waals surface area (Å²) in [6.45, 7) is 4.07. The van der Waals surface area contributed by atoms with Crippen molar-refractivity contribution < 1.29 is 27.8 Å². The summed E-state index contributed by atoms with van der Waals surface area (Å²) in [6.07, 6.45) is 2.38. The second-order valence-corrected chi connectivity index (χ2v) is 8.06. The fourth-order valence-corrected chi connectivity index (χ4v) is 3.36. The molecule has 1 amide bonds. The quantitative estimate of drug-likeness (QED) is 0.436. The molecule has 0 atom stereocenters. The lowest BCUT2D eigenvalue weighted by molar-refractivity contribution is -0.119. The molecule has 10 heteroatoms. The Morgan fingerprint density at radius 1 is 1.13 bits per heavy atom. The summed E-state index contributed by atoms with van der Waals surface area (Å²) in [5, 5.41) is 13.5. The van der Waals surface area contributed by atoms with Crippen LogP contribution in [0.1, 0.15) is 19.4 Å². The van der Waals surface area contributed by atoms with Crippen LogP contribution in [0.3, 0.4) is 0 Å². The number of phenols is 1. The first-order valence-electron chi connectivity index (χ1n) is 9.22. The van der Waals surface area contributed by atoms with Crippen molar-refractivity contribution in [2.45, 2.75) is 13.8 Å². The lowest BCUT2D eigenvalue weighted by atomic mass is 10.2. The van der Waals surface area contributed by atoms with Crippen LogP contribution in [0.4, 0.5) is 5.69 Å². The van der Waals surface area contributed by atoms with E-state index in [9.17, 15) is 18.3 Å². The molecule has 2 aromatic rings. The van der Waals surface area contributed by atoms with E-state index in [0.29, 0.717) is 36.0 Å². The van der Waals surface area contributed by atoms with E-state index < -0.39 is 22.5 Å². The molecule has 0 spiro atoms. The average molecular weight is 436 g/mol. The van der Waals surface area contributed by atoms with Gasteiger partial charge in [0.1, 0.15) is 12.3 Å². The van der Waals surface area contributed by atoms with Gasteiger partial charge in [0.15, 0.2) is 11.5 Å². The van der Waals surface area contributed by atoms with E-state index in [1.807, 2.05) is 6.92 Å². The van der Waals surface area contributed by atoms with Crippen LogP contribution in [0.5, 0.6) is 17.2 Å². The van der Waals surface area contributed by atoms with Crippen molar-refractivity contribution in [1.82, 2.24) is 5.43 Å². The second kappa shape index (κ2) is 10.5. The molecule has 0 saturated carbocycles. The molecule has 0 aliphatic rings. The number of carbonyl (C=O) groups excluding carboxylic acids is 1. The summed E-state index contributed by atoms with van der Waals surface area (Å²) in [6, 6.07) is 11.0. The highest BCUT2D eigenvalue weighted by Crippen LogP contribution is 2.26. The summed E-state index contributed by atoms with van der Waals surface area (Å²) in [4.78, 5) is 12.2. The number of phenolic OH excluding ortho intramolecular Hbond substituents is 1. The number of anilines is 1. The van der Waals surface area contributed by atoms with E-state index in [1.54, 1.807) is 43.3 Å². The molecule has 0 aromatic heterocycles. The SMILES string of the molecule is CCOc1ccc(N(CC(=O)N/N=C\c2ccc(O)c(OCC)c2)S(C)(=O)=O)cc1. The predicted octanol–water partition coefficient (Wildman–Crippen LogP) is 2.11. The highest BCUT2D eigenvalue weighted by Gasteiger charge is 2.20. The van der Waals surface area contributed by atoms with Gasteiger partial charge >= 0.3 is 0 Å². The minimum atomic E-state index is -3.70. The van der Waals surface area contributed by atoms with Crippen LogP contribution in [-0.4, -0.2) is 51.7 Å². The van der Waals surface area contributed by atoms with Crippen molar-refractivity contribution in [1.29, 1.82) is 0 Å². The Balaban J connectivity index is 2.06. The summed E-state index contributed by atoms with van der Waals surface area (Å²) in [7, 11) is -3.70. The first-order chi connectivity index (χ1) is 14.2. The largest absolute Gasteiger partial charge is 0.504 e. The number of aromatic hydroxyl groups is 1. The number of sulfonamides is 1. The van der Waals surface area contributed by atoms with Gasteiger partial charge in [-0.25, -0.2) is 13.8 Å². The van der Waals surface area contributed by atoms with Crippen molar-refractivity contribution in [2.75, 3.05) is 30.3 Å². The topological polar surface area (TPSA) is 118 Å². The molecule has 0 bridgehead atoms. The number of amides is 1. The zero-order valence-corrected chi connectivity index (χ0v) is 17.8. The molecule has 9 nitrogen and oxygen atoms in total. The molecule has 0 fully saturated rings. The monoisotopic (exact) mass is 435 g/mol. The van der Waals surface area contributed by atoms with Gasteiger partial charge in [-0.3, -0.25) is 9.10 Å². The maximum Gasteiger partial charge on any atom is 0.260 e. The van der Waals surface area contributed by atoms with E-state index in [2.05, 4.69) is 10.5 Å². The molecule has 0 heterocycles.